The van der Waals surface area contributed by atoms with Crippen LogP contribution in [0.2, 0.25) is 0 Å². The number of imide groups is 1. The van der Waals surface area contributed by atoms with Crippen molar-refractivity contribution in [1.82, 2.24) is 15.5 Å². The third-order valence-corrected chi connectivity index (χ3v) is 6.01. The van der Waals surface area contributed by atoms with Gasteiger partial charge in [0.1, 0.15) is 11.8 Å². The molecule has 0 saturated heterocycles. The lowest BCUT2D eigenvalue weighted by molar-refractivity contribution is -0.139. The Morgan fingerprint density at radius 1 is 1.03 bits per heavy atom. The van der Waals surface area contributed by atoms with Crippen LogP contribution < -0.4 is 15.4 Å². The number of carboxylic acids is 1. The first-order valence-electron chi connectivity index (χ1n) is 11.6. The third kappa shape index (κ3) is 6.89. The van der Waals surface area contributed by atoms with E-state index in [0.29, 0.717) is 31.7 Å². The van der Waals surface area contributed by atoms with E-state index in [1.54, 1.807) is 12.1 Å². The van der Waals surface area contributed by atoms with Crippen molar-refractivity contribution in [3.05, 3.63) is 65.2 Å². The maximum atomic E-state index is 12.7. The summed E-state index contributed by atoms with van der Waals surface area (Å²) in [6, 6.07) is 13.4. The summed E-state index contributed by atoms with van der Waals surface area (Å²) in [6.45, 7) is 2.78. The van der Waals surface area contributed by atoms with Gasteiger partial charge in [0.05, 0.1) is 18.2 Å². The van der Waals surface area contributed by atoms with Gasteiger partial charge < -0.3 is 20.5 Å². The first-order valence-corrected chi connectivity index (χ1v) is 11.6. The zero-order valence-electron chi connectivity index (χ0n) is 20.0. The minimum atomic E-state index is -1.06. The summed E-state index contributed by atoms with van der Waals surface area (Å²) in [5.74, 6) is -1.48. The number of methoxy groups -OCH3 is 1. The van der Waals surface area contributed by atoms with Gasteiger partial charge in [0, 0.05) is 19.5 Å². The first kappa shape index (κ1) is 25.9. The van der Waals surface area contributed by atoms with Crippen LogP contribution in [0.3, 0.4) is 0 Å². The topological polar surface area (TPSA) is 125 Å². The van der Waals surface area contributed by atoms with Gasteiger partial charge in [-0.15, -0.1) is 0 Å². The fraction of sp³-hybridized carbons (Fsp3) is 0.385. The lowest BCUT2D eigenvalue weighted by Gasteiger charge is -2.19. The van der Waals surface area contributed by atoms with Gasteiger partial charge in [0.2, 0.25) is 5.91 Å². The minimum Gasteiger partial charge on any atom is -0.497 e. The van der Waals surface area contributed by atoms with Crippen molar-refractivity contribution < 1.29 is 29.0 Å². The van der Waals surface area contributed by atoms with Crippen molar-refractivity contribution in [1.29, 1.82) is 0 Å². The van der Waals surface area contributed by atoms with E-state index in [1.165, 1.54) is 13.2 Å². The fourth-order valence-electron chi connectivity index (χ4n) is 3.96. The smallest absolute Gasteiger partial charge is 0.320 e. The number of fused-ring (bicyclic) bond motifs is 1. The number of carboxylic acid groups (broad SMARTS) is 1. The van der Waals surface area contributed by atoms with Crippen LogP contribution in [0.25, 0.3) is 0 Å². The second-order valence-electron chi connectivity index (χ2n) is 8.67. The lowest BCUT2D eigenvalue weighted by Crippen LogP contribution is -2.42. The van der Waals surface area contributed by atoms with Crippen LogP contribution in [0.4, 0.5) is 0 Å². The Labute approximate surface area is 204 Å². The molecule has 0 aliphatic carbocycles. The number of carbonyl (C=O) groups is 4. The number of nitrogens with one attached hydrogen (secondary N) is 2. The Morgan fingerprint density at radius 2 is 1.74 bits per heavy atom. The maximum absolute atomic E-state index is 12.7. The zero-order chi connectivity index (χ0) is 25.4. The molecule has 0 spiro atoms. The number of hydrogen-bond donors (Lipinski definition) is 3. The number of nitrogens with zero attached hydrogens (tertiary/aromatic N) is 1. The van der Waals surface area contributed by atoms with Crippen molar-refractivity contribution >= 4 is 23.7 Å². The molecule has 0 bridgehead atoms. The molecule has 1 aliphatic heterocycles. The summed E-state index contributed by atoms with van der Waals surface area (Å²) >= 11 is 0. The van der Waals surface area contributed by atoms with Crippen LogP contribution in [-0.2, 0) is 16.1 Å². The quantitative estimate of drug-likeness (QED) is 0.375. The number of ether oxygens (including phenoxy) is 1. The second-order valence-corrected chi connectivity index (χ2v) is 8.67. The molecular formula is C26H31N3O6. The normalized spacial score (nSPS) is 14.4. The molecule has 35 heavy (non-hydrogen) atoms. The highest BCUT2D eigenvalue weighted by Crippen LogP contribution is 2.27. The highest BCUT2D eigenvalue weighted by molar-refractivity contribution is 6.21. The van der Waals surface area contributed by atoms with Crippen LogP contribution >= 0.6 is 0 Å². The van der Waals surface area contributed by atoms with Gasteiger partial charge in [-0.3, -0.25) is 24.1 Å². The molecule has 2 aromatic carbocycles. The highest BCUT2D eigenvalue weighted by Gasteiger charge is 2.36. The molecule has 9 nitrogen and oxygen atoms in total. The van der Waals surface area contributed by atoms with Crippen LogP contribution in [0.5, 0.6) is 5.75 Å². The van der Waals surface area contributed by atoms with Crippen molar-refractivity contribution in [2.45, 2.75) is 38.8 Å². The number of carbonyl (C=O) groups excluding carboxylic acids is 3. The van der Waals surface area contributed by atoms with Gasteiger partial charge in [0.25, 0.3) is 11.8 Å². The molecule has 186 valence electrons. The Morgan fingerprint density at radius 3 is 2.43 bits per heavy atom. The van der Waals surface area contributed by atoms with Crippen LogP contribution in [0, 0.1) is 5.92 Å². The molecule has 0 fully saturated rings. The Hall–Kier alpha value is -3.72. The van der Waals surface area contributed by atoms with E-state index < -0.39 is 23.8 Å². The first-order chi connectivity index (χ1) is 16.8. The van der Waals surface area contributed by atoms with Crippen molar-refractivity contribution in [3.8, 4) is 5.75 Å². The summed E-state index contributed by atoms with van der Waals surface area (Å²) in [6.07, 6.45) is 1.02. The van der Waals surface area contributed by atoms with Crippen molar-refractivity contribution in [2.24, 2.45) is 5.92 Å². The summed E-state index contributed by atoms with van der Waals surface area (Å²) in [5, 5.41) is 15.4. The van der Waals surface area contributed by atoms with E-state index in [1.807, 2.05) is 37.3 Å². The number of rotatable bonds is 13. The number of amides is 3. The molecule has 9 heteroatoms. The highest BCUT2D eigenvalue weighted by atomic mass is 16.5. The molecule has 3 amide bonds. The predicted molar refractivity (Wildman–Crippen MR) is 129 cm³/mol. The average Bonchev–Trinajstić information content (AvgIpc) is 3.09. The summed E-state index contributed by atoms with van der Waals surface area (Å²) in [7, 11) is 1.47. The zero-order valence-corrected chi connectivity index (χ0v) is 20.0. The predicted octanol–water partition coefficient (Wildman–Crippen LogP) is 2.46. The van der Waals surface area contributed by atoms with E-state index in [-0.39, 0.29) is 35.9 Å². The average molecular weight is 482 g/mol. The van der Waals surface area contributed by atoms with E-state index >= 15 is 0 Å². The molecule has 3 N–H and O–H groups in total. The summed E-state index contributed by atoms with van der Waals surface area (Å²) in [4.78, 5) is 50.2. The fourth-order valence-corrected chi connectivity index (χ4v) is 3.96. The molecule has 0 radical (unpaired) electrons. The summed E-state index contributed by atoms with van der Waals surface area (Å²) in [5.41, 5.74) is 1.57. The lowest BCUT2D eigenvalue weighted by atomic mass is 10.0. The third-order valence-electron chi connectivity index (χ3n) is 6.01. The van der Waals surface area contributed by atoms with Gasteiger partial charge in [0.15, 0.2) is 0 Å². The largest absolute Gasteiger partial charge is 0.497 e. The standard InChI is InChI=1S/C26H31N3O6/c1-17(14-23(30)28-16-18-6-4-3-5-7-18)10-12-27-22(26(33)34)11-13-29-24(31)20-9-8-19(35-2)15-21(20)25(29)32/h3-9,15,17,22,27H,10-14,16H2,1-2H3,(H,28,30)(H,33,34)/t17-,22+/m0/s1. The molecule has 2 aromatic rings. The molecule has 0 saturated carbocycles. The number of aliphatic carboxylic acids is 1. The second kappa shape index (κ2) is 12.1. The van der Waals surface area contributed by atoms with Crippen molar-refractivity contribution in [3.63, 3.8) is 0 Å². The minimum absolute atomic E-state index is 0.0178. The van der Waals surface area contributed by atoms with Crippen LogP contribution in [0.15, 0.2) is 48.5 Å². The van der Waals surface area contributed by atoms with E-state index in [2.05, 4.69) is 10.6 Å². The molecule has 1 heterocycles. The van der Waals surface area contributed by atoms with E-state index in [9.17, 15) is 24.3 Å². The molecular weight excluding hydrogens is 450 g/mol. The molecule has 2 atom stereocenters. The van der Waals surface area contributed by atoms with Crippen molar-refractivity contribution in [2.75, 3.05) is 20.2 Å². The molecule has 3 rings (SSSR count). The van der Waals surface area contributed by atoms with E-state index in [0.717, 1.165) is 10.5 Å². The number of hydrogen-bond acceptors (Lipinski definition) is 6. The van der Waals surface area contributed by atoms with Gasteiger partial charge in [-0.1, -0.05) is 37.3 Å². The van der Waals surface area contributed by atoms with Crippen LogP contribution in [0.1, 0.15) is 52.5 Å². The van der Waals surface area contributed by atoms with Crippen LogP contribution in [-0.4, -0.2) is 59.9 Å². The van der Waals surface area contributed by atoms with Gasteiger partial charge >= 0.3 is 5.97 Å². The molecule has 0 unspecified atom stereocenters. The van der Waals surface area contributed by atoms with Gasteiger partial charge in [-0.2, -0.15) is 0 Å². The Kier molecular flexibility index (Phi) is 8.97. The maximum Gasteiger partial charge on any atom is 0.320 e. The monoisotopic (exact) mass is 481 g/mol. The van der Waals surface area contributed by atoms with Gasteiger partial charge in [-0.05, 0) is 49.1 Å². The Balaban J connectivity index is 1.42. The van der Waals surface area contributed by atoms with E-state index in [4.69, 9.17) is 4.74 Å². The summed E-state index contributed by atoms with van der Waals surface area (Å²) < 4.78 is 5.11. The van der Waals surface area contributed by atoms with Gasteiger partial charge in [-0.25, -0.2) is 0 Å². The molecule has 0 aromatic heterocycles. The SMILES string of the molecule is COc1ccc2c(c1)C(=O)N(CC[C@@H](NCC[C@H](C)CC(=O)NCc1ccccc1)C(=O)O)C2=O. The Bertz CT molecular complexity index is 1070. The number of benzene rings is 2. The molecule has 1 aliphatic rings.